The molecule has 1 aliphatic rings. The lowest BCUT2D eigenvalue weighted by Crippen LogP contribution is -2.38. The van der Waals surface area contributed by atoms with Gasteiger partial charge in [-0.25, -0.2) is 21.6 Å². The highest BCUT2D eigenvalue weighted by atomic mass is 32.2. The van der Waals surface area contributed by atoms with Gasteiger partial charge in [-0.05, 0) is 49.9 Å². The number of nitrogens with one attached hydrogen (secondary N) is 1. The number of hydrogen-bond acceptors (Lipinski definition) is 6. The van der Waals surface area contributed by atoms with Crippen LogP contribution < -0.4 is 9.03 Å². The molecule has 0 atom stereocenters. The summed E-state index contributed by atoms with van der Waals surface area (Å²) < 4.78 is 63.7. The fourth-order valence-electron chi connectivity index (χ4n) is 3.09. The van der Waals surface area contributed by atoms with Crippen molar-refractivity contribution in [3.05, 3.63) is 23.3 Å². The molecule has 8 nitrogen and oxygen atoms in total. The molecule has 0 aliphatic carbocycles. The van der Waals surface area contributed by atoms with Crippen LogP contribution in [0.3, 0.4) is 0 Å². The van der Waals surface area contributed by atoms with Crippen molar-refractivity contribution in [2.45, 2.75) is 37.9 Å². The summed E-state index contributed by atoms with van der Waals surface area (Å²) in [4.78, 5) is 0.140. The predicted molar refractivity (Wildman–Crippen MR) is 99.3 cm³/mol. The molecule has 10 heteroatoms. The lowest BCUT2D eigenvalue weighted by atomic mass is 10.1. The molecule has 0 radical (unpaired) electrons. The van der Waals surface area contributed by atoms with E-state index in [4.69, 9.17) is 9.47 Å². The van der Waals surface area contributed by atoms with Gasteiger partial charge in [0.05, 0.1) is 22.9 Å². The van der Waals surface area contributed by atoms with E-state index in [-0.39, 0.29) is 17.2 Å². The van der Waals surface area contributed by atoms with Crippen molar-refractivity contribution < 1.29 is 26.3 Å². The molecular formula is C16H26N2O6S2. The average Bonchev–Trinajstić information content (AvgIpc) is 2.54. The monoisotopic (exact) mass is 406 g/mol. The number of ether oxygens (including phenoxy) is 2. The number of anilines is 1. The van der Waals surface area contributed by atoms with Gasteiger partial charge in [0, 0.05) is 20.8 Å². The van der Waals surface area contributed by atoms with Crippen molar-refractivity contribution in [3.63, 3.8) is 0 Å². The van der Waals surface area contributed by atoms with Gasteiger partial charge in [-0.3, -0.25) is 4.31 Å². The van der Waals surface area contributed by atoms with Crippen molar-refractivity contribution in [2.24, 2.45) is 0 Å². The lowest BCUT2D eigenvalue weighted by molar-refractivity contribution is -0.0960. The Morgan fingerprint density at radius 1 is 1.15 bits per heavy atom. The van der Waals surface area contributed by atoms with E-state index in [1.54, 1.807) is 26.0 Å². The van der Waals surface area contributed by atoms with E-state index in [1.807, 2.05) is 0 Å². The summed E-state index contributed by atoms with van der Waals surface area (Å²) in [6.45, 7) is 3.70. The lowest BCUT2D eigenvalue weighted by Gasteiger charge is -2.29. The van der Waals surface area contributed by atoms with Crippen LogP contribution in [0.1, 0.15) is 24.0 Å². The van der Waals surface area contributed by atoms with Crippen LogP contribution in [0.5, 0.6) is 0 Å². The van der Waals surface area contributed by atoms with Crippen molar-refractivity contribution in [3.8, 4) is 0 Å². The second-order valence-corrected chi connectivity index (χ2v) is 9.97. The third-order valence-electron chi connectivity index (χ3n) is 4.32. The molecule has 0 saturated carbocycles. The molecule has 0 aromatic heterocycles. The summed E-state index contributed by atoms with van der Waals surface area (Å²) in [6.07, 6.45) is 0.741. The van der Waals surface area contributed by atoms with E-state index in [1.165, 1.54) is 18.5 Å². The van der Waals surface area contributed by atoms with Crippen molar-refractivity contribution in [1.82, 2.24) is 4.72 Å². The van der Waals surface area contributed by atoms with E-state index in [9.17, 15) is 16.8 Å². The van der Waals surface area contributed by atoms with Crippen LogP contribution in [0.4, 0.5) is 5.69 Å². The SMILES string of the molecule is COC(CNS(=O)(=O)c1c(C)cc(N2CCCCS2(=O)=O)cc1C)OC. The molecule has 26 heavy (non-hydrogen) atoms. The number of methoxy groups -OCH3 is 2. The third-order valence-corrected chi connectivity index (χ3v) is 7.91. The fraction of sp³-hybridized carbons (Fsp3) is 0.625. The Morgan fingerprint density at radius 3 is 2.23 bits per heavy atom. The summed E-state index contributed by atoms with van der Waals surface area (Å²) in [5, 5.41) is 0. The zero-order chi connectivity index (χ0) is 19.5. The summed E-state index contributed by atoms with van der Waals surface area (Å²) in [5.41, 5.74) is 1.48. The average molecular weight is 407 g/mol. The zero-order valence-corrected chi connectivity index (χ0v) is 17.1. The fourth-order valence-corrected chi connectivity index (χ4v) is 6.18. The highest BCUT2D eigenvalue weighted by Crippen LogP contribution is 2.30. The molecule has 1 heterocycles. The van der Waals surface area contributed by atoms with Crippen LogP contribution in [-0.4, -0.2) is 56.2 Å². The Labute approximate surface area is 155 Å². The van der Waals surface area contributed by atoms with Gasteiger partial charge in [0.15, 0.2) is 6.29 Å². The highest BCUT2D eigenvalue weighted by Gasteiger charge is 2.28. The summed E-state index contributed by atoms with van der Waals surface area (Å²) in [7, 11) is -4.30. The molecule has 0 unspecified atom stereocenters. The second-order valence-electron chi connectivity index (χ2n) is 6.26. The Balaban J connectivity index is 2.34. The van der Waals surface area contributed by atoms with Crippen LogP contribution in [0.2, 0.25) is 0 Å². The number of nitrogens with zero attached hydrogens (tertiary/aromatic N) is 1. The number of hydrogen-bond donors (Lipinski definition) is 1. The van der Waals surface area contributed by atoms with Gasteiger partial charge in [0.25, 0.3) is 0 Å². The summed E-state index contributed by atoms with van der Waals surface area (Å²) in [5.74, 6) is 0.113. The molecule has 1 fully saturated rings. The Hall–Kier alpha value is -1.20. The van der Waals surface area contributed by atoms with Crippen LogP contribution in [0.25, 0.3) is 0 Å². The molecule has 1 N–H and O–H groups in total. The number of sulfonamides is 2. The molecule has 1 aromatic carbocycles. The normalized spacial score (nSPS) is 17.7. The summed E-state index contributed by atoms with van der Waals surface area (Å²) in [6, 6.07) is 3.21. The minimum Gasteiger partial charge on any atom is -0.355 e. The van der Waals surface area contributed by atoms with Crippen molar-refractivity contribution in [1.29, 1.82) is 0 Å². The molecule has 0 spiro atoms. The highest BCUT2D eigenvalue weighted by molar-refractivity contribution is 7.92. The Bertz CT molecular complexity index is 824. The van der Waals surface area contributed by atoms with E-state index < -0.39 is 26.3 Å². The largest absolute Gasteiger partial charge is 0.355 e. The first kappa shape index (κ1) is 21.1. The van der Waals surface area contributed by atoms with Crippen LogP contribution in [0, 0.1) is 13.8 Å². The van der Waals surface area contributed by atoms with Gasteiger partial charge >= 0.3 is 0 Å². The molecule has 148 valence electrons. The molecule has 0 amide bonds. The summed E-state index contributed by atoms with van der Waals surface area (Å²) >= 11 is 0. The molecule has 2 rings (SSSR count). The minimum absolute atomic E-state index is 0.0313. The zero-order valence-electron chi connectivity index (χ0n) is 15.5. The molecule has 1 saturated heterocycles. The Morgan fingerprint density at radius 2 is 1.73 bits per heavy atom. The van der Waals surface area contributed by atoms with Crippen molar-refractivity contribution >= 4 is 25.7 Å². The smallest absolute Gasteiger partial charge is 0.241 e. The molecule has 1 aliphatic heterocycles. The van der Waals surface area contributed by atoms with Gasteiger partial charge < -0.3 is 9.47 Å². The molecule has 1 aromatic rings. The van der Waals surface area contributed by atoms with Gasteiger partial charge in [0.2, 0.25) is 20.0 Å². The van der Waals surface area contributed by atoms with Gasteiger partial charge in [-0.1, -0.05) is 0 Å². The van der Waals surface area contributed by atoms with E-state index in [0.29, 0.717) is 29.8 Å². The van der Waals surface area contributed by atoms with Gasteiger partial charge in [-0.2, -0.15) is 0 Å². The van der Waals surface area contributed by atoms with Crippen LogP contribution in [-0.2, 0) is 29.5 Å². The molecule has 0 bridgehead atoms. The minimum atomic E-state index is -3.79. The number of benzene rings is 1. The van der Waals surface area contributed by atoms with E-state index in [2.05, 4.69) is 4.72 Å². The first-order valence-corrected chi connectivity index (χ1v) is 11.4. The standard InChI is InChI=1S/C16H26N2O6S2/c1-12-9-14(18-7-5-6-8-25(18,19)20)10-13(2)16(12)26(21,22)17-11-15(23-3)24-4/h9-10,15,17H,5-8,11H2,1-4H3. The maximum absolute atomic E-state index is 12.7. The Kier molecular flexibility index (Phi) is 6.67. The molecular weight excluding hydrogens is 380 g/mol. The topological polar surface area (TPSA) is 102 Å². The number of rotatable bonds is 7. The predicted octanol–water partition coefficient (Wildman–Crippen LogP) is 1.13. The third kappa shape index (κ3) is 4.55. The van der Waals surface area contributed by atoms with Crippen molar-refractivity contribution in [2.75, 3.05) is 37.4 Å². The van der Waals surface area contributed by atoms with Crippen LogP contribution in [0.15, 0.2) is 17.0 Å². The number of aryl methyl sites for hydroxylation is 2. The first-order valence-electron chi connectivity index (χ1n) is 8.29. The second kappa shape index (κ2) is 8.22. The van der Waals surface area contributed by atoms with Gasteiger partial charge in [-0.15, -0.1) is 0 Å². The van der Waals surface area contributed by atoms with E-state index >= 15 is 0 Å². The quantitative estimate of drug-likeness (QED) is 0.681. The van der Waals surface area contributed by atoms with Gasteiger partial charge in [0.1, 0.15) is 0 Å². The van der Waals surface area contributed by atoms with E-state index in [0.717, 1.165) is 6.42 Å². The maximum Gasteiger partial charge on any atom is 0.241 e. The maximum atomic E-state index is 12.7. The van der Waals surface area contributed by atoms with Crippen LogP contribution >= 0.6 is 0 Å². The first-order chi connectivity index (χ1) is 12.1.